The van der Waals surface area contributed by atoms with Gasteiger partial charge in [0.2, 0.25) is 0 Å². The monoisotopic (exact) mass is 354 g/mol. The number of aromatic hydroxyl groups is 2. The molecule has 0 aliphatic carbocycles. The van der Waals surface area contributed by atoms with Crippen LogP contribution in [-0.4, -0.2) is 35.7 Å². The van der Waals surface area contributed by atoms with Crippen molar-refractivity contribution in [3.8, 4) is 17.2 Å². The quantitative estimate of drug-likeness (QED) is 0.587. The predicted molar refractivity (Wildman–Crippen MR) is 96.8 cm³/mol. The highest BCUT2D eigenvalue weighted by molar-refractivity contribution is 5.96. The van der Waals surface area contributed by atoms with Crippen LogP contribution in [0, 0.1) is 0 Å². The van der Waals surface area contributed by atoms with Gasteiger partial charge in [-0.25, -0.2) is 4.79 Å². The fourth-order valence-electron chi connectivity index (χ4n) is 1.98. The number of methoxy groups -OCH3 is 1. The lowest BCUT2D eigenvalue weighted by Gasteiger charge is -2.03. The standard InChI is InChI=1S/C20H18O6/c1-25-19-12-15(5-10-18(19)23)6-11-20(24)26-13-17(22)9-4-14-2-7-16(21)8-3-14/h2-12,21,23H,13H2,1H3. The van der Waals surface area contributed by atoms with Crippen molar-refractivity contribution in [2.45, 2.75) is 0 Å². The fraction of sp³-hybridized carbons (Fsp3) is 0.100. The van der Waals surface area contributed by atoms with Gasteiger partial charge in [-0.05, 0) is 47.5 Å². The van der Waals surface area contributed by atoms with Crippen molar-refractivity contribution in [3.05, 3.63) is 65.7 Å². The van der Waals surface area contributed by atoms with Crippen LogP contribution in [0.4, 0.5) is 0 Å². The van der Waals surface area contributed by atoms with Crippen LogP contribution < -0.4 is 4.74 Å². The molecule has 0 bridgehead atoms. The van der Waals surface area contributed by atoms with Crippen LogP contribution >= 0.6 is 0 Å². The van der Waals surface area contributed by atoms with Crippen molar-refractivity contribution >= 4 is 23.9 Å². The number of ketones is 1. The van der Waals surface area contributed by atoms with E-state index in [4.69, 9.17) is 9.47 Å². The summed E-state index contributed by atoms with van der Waals surface area (Å²) in [7, 11) is 1.42. The van der Waals surface area contributed by atoms with E-state index in [2.05, 4.69) is 0 Å². The lowest BCUT2D eigenvalue weighted by molar-refractivity contribution is -0.141. The third kappa shape index (κ3) is 5.83. The molecule has 0 atom stereocenters. The van der Waals surface area contributed by atoms with E-state index in [0.29, 0.717) is 5.56 Å². The van der Waals surface area contributed by atoms with Gasteiger partial charge in [-0.3, -0.25) is 4.79 Å². The molecule has 0 aliphatic rings. The van der Waals surface area contributed by atoms with E-state index in [1.165, 1.54) is 43.5 Å². The topological polar surface area (TPSA) is 93.1 Å². The number of benzene rings is 2. The lowest BCUT2D eigenvalue weighted by Crippen LogP contribution is -2.09. The van der Waals surface area contributed by atoms with Gasteiger partial charge in [-0.15, -0.1) is 0 Å². The van der Waals surface area contributed by atoms with Crippen molar-refractivity contribution in [1.29, 1.82) is 0 Å². The molecule has 0 saturated carbocycles. The molecule has 0 amide bonds. The number of ether oxygens (including phenoxy) is 2. The summed E-state index contributed by atoms with van der Waals surface area (Å²) in [6.45, 7) is -0.378. The summed E-state index contributed by atoms with van der Waals surface area (Å²) in [4.78, 5) is 23.4. The first-order chi connectivity index (χ1) is 12.5. The van der Waals surface area contributed by atoms with Gasteiger partial charge in [0.1, 0.15) is 5.75 Å². The molecular weight excluding hydrogens is 336 g/mol. The molecule has 0 saturated heterocycles. The molecule has 0 aliphatic heterocycles. The van der Waals surface area contributed by atoms with E-state index in [1.807, 2.05) is 0 Å². The molecular formula is C20H18O6. The Hall–Kier alpha value is -3.54. The van der Waals surface area contributed by atoms with Gasteiger partial charge in [-0.1, -0.05) is 24.3 Å². The molecule has 6 heteroatoms. The first-order valence-electron chi connectivity index (χ1n) is 7.69. The number of phenolic OH excluding ortho intramolecular Hbond substituents is 2. The van der Waals surface area contributed by atoms with E-state index in [1.54, 1.807) is 30.3 Å². The average molecular weight is 354 g/mol. The highest BCUT2D eigenvalue weighted by Gasteiger charge is 2.04. The number of hydrogen-bond donors (Lipinski definition) is 2. The summed E-state index contributed by atoms with van der Waals surface area (Å²) >= 11 is 0. The largest absolute Gasteiger partial charge is 0.508 e. The van der Waals surface area contributed by atoms with E-state index < -0.39 is 5.97 Å². The predicted octanol–water partition coefficient (Wildman–Crippen LogP) is 2.95. The Labute approximate surface area is 150 Å². The molecule has 2 rings (SSSR count). The van der Waals surface area contributed by atoms with Crippen LogP contribution in [0.1, 0.15) is 11.1 Å². The zero-order chi connectivity index (χ0) is 18.9. The van der Waals surface area contributed by atoms with E-state index in [0.717, 1.165) is 5.56 Å². The molecule has 6 nitrogen and oxygen atoms in total. The highest BCUT2D eigenvalue weighted by atomic mass is 16.5. The maximum atomic E-state index is 11.7. The van der Waals surface area contributed by atoms with E-state index >= 15 is 0 Å². The number of carbonyl (C=O) groups is 2. The molecule has 2 N–H and O–H groups in total. The van der Waals surface area contributed by atoms with Crippen molar-refractivity contribution < 1.29 is 29.3 Å². The molecule has 0 radical (unpaired) electrons. The minimum absolute atomic E-state index is 0.00163. The molecule has 0 fully saturated rings. The van der Waals surface area contributed by atoms with Crippen LogP contribution in [0.5, 0.6) is 17.2 Å². The van der Waals surface area contributed by atoms with Crippen molar-refractivity contribution in [1.82, 2.24) is 0 Å². The van der Waals surface area contributed by atoms with Gasteiger partial charge in [0.25, 0.3) is 0 Å². The Morgan fingerprint density at radius 2 is 1.62 bits per heavy atom. The van der Waals surface area contributed by atoms with Gasteiger partial charge in [0, 0.05) is 6.08 Å². The molecule has 2 aromatic rings. The summed E-state index contributed by atoms with van der Waals surface area (Å²) in [6.07, 6.45) is 5.53. The maximum Gasteiger partial charge on any atom is 0.331 e. The number of hydrogen-bond acceptors (Lipinski definition) is 6. The number of phenols is 2. The van der Waals surface area contributed by atoms with E-state index in [9.17, 15) is 19.8 Å². The molecule has 0 spiro atoms. The van der Waals surface area contributed by atoms with Crippen LogP contribution in [0.25, 0.3) is 12.2 Å². The minimum atomic E-state index is -0.663. The lowest BCUT2D eigenvalue weighted by atomic mass is 10.2. The average Bonchev–Trinajstić information content (AvgIpc) is 2.65. The smallest absolute Gasteiger partial charge is 0.331 e. The van der Waals surface area contributed by atoms with Crippen LogP contribution in [0.15, 0.2) is 54.6 Å². The van der Waals surface area contributed by atoms with Crippen LogP contribution in [0.3, 0.4) is 0 Å². The molecule has 0 unspecified atom stereocenters. The zero-order valence-electron chi connectivity index (χ0n) is 14.1. The van der Waals surface area contributed by atoms with Crippen molar-refractivity contribution in [2.24, 2.45) is 0 Å². The first-order valence-corrected chi connectivity index (χ1v) is 7.69. The Balaban J connectivity index is 1.84. The highest BCUT2D eigenvalue weighted by Crippen LogP contribution is 2.26. The minimum Gasteiger partial charge on any atom is -0.508 e. The van der Waals surface area contributed by atoms with E-state index in [-0.39, 0.29) is 29.6 Å². The molecule has 2 aromatic carbocycles. The maximum absolute atomic E-state index is 11.7. The number of carbonyl (C=O) groups excluding carboxylic acids is 2. The zero-order valence-corrected chi connectivity index (χ0v) is 14.1. The number of rotatable bonds is 7. The Kier molecular flexibility index (Phi) is 6.56. The molecule has 26 heavy (non-hydrogen) atoms. The second-order valence-corrected chi connectivity index (χ2v) is 5.26. The molecule has 0 aromatic heterocycles. The first kappa shape index (κ1) is 18.8. The van der Waals surface area contributed by atoms with Crippen LogP contribution in [-0.2, 0) is 14.3 Å². The normalized spacial score (nSPS) is 11.0. The molecule has 0 heterocycles. The second-order valence-electron chi connectivity index (χ2n) is 5.26. The van der Waals surface area contributed by atoms with Gasteiger partial charge in [-0.2, -0.15) is 0 Å². The summed E-state index contributed by atoms with van der Waals surface area (Å²) < 4.78 is 9.84. The Bertz CT molecular complexity index is 834. The summed E-state index contributed by atoms with van der Waals surface area (Å²) in [5, 5.41) is 18.7. The third-order valence-electron chi connectivity index (χ3n) is 3.33. The summed E-state index contributed by atoms with van der Waals surface area (Å²) in [5.41, 5.74) is 1.37. The van der Waals surface area contributed by atoms with Gasteiger partial charge in [0.05, 0.1) is 7.11 Å². The summed E-state index contributed by atoms with van der Waals surface area (Å²) in [5.74, 6) is -0.608. The van der Waals surface area contributed by atoms with Crippen molar-refractivity contribution in [2.75, 3.05) is 13.7 Å². The Morgan fingerprint density at radius 3 is 2.31 bits per heavy atom. The summed E-state index contributed by atoms with van der Waals surface area (Å²) in [6, 6.07) is 10.9. The van der Waals surface area contributed by atoms with Crippen molar-refractivity contribution in [3.63, 3.8) is 0 Å². The third-order valence-corrected chi connectivity index (χ3v) is 3.33. The van der Waals surface area contributed by atoms with Gasteiger partial charge >= 0.3 is 5.97 Å². The Morgan fingerprint density at radius 1 is 0.962 bits per heavy atom. The SMILES string of the molecule is COc1cc(C=CC(=O)OCC(=O)C=Cc2ccc(O)cc2)ccc1O. The van der Waals surface area contributed by atoms with Gasteiger partial charge in [0.15, 0.2) is 23.9 Å². The van der Waals surface area contributed by atoms with Crippen LogP contribution in [0.2, 0.25) is 0 Å². The molecule has 134 valence electrons. The number of esters is 1. The second kappa shape index (κ2) is 9.08. The van der Waals surface area contributed by atoms with Gasteiger partial charge < -0.3 is 19.7 Å². The fourth-order valence-corrected chi connectivity index (χ4v) is 1.98.